The second kappa shape index (κ2) is 6.79. The molecule has 0 heterocycles. The summed E-state index contributed by atoms with van der Waals surface area (Å²) in [4.78, 5) is 11.3. The Morgan fingerprint density at radius 2 is 1.93 bits per heavy atom. The van der Waals surface area contributed by atoms with Crippen LogP contribution in [-0.4, -0.2) is 37.9 Å². The maximum Gasteiger partial charge on any atom is 0.322 e. The summed E-state index contributed by atoms with van der Waals surface area (Å²) in [5.74, 6) is -0.220. The van der Waals surface area contributed by atoms with Gasteiger partial charge in [-0.15, -0.1) is 0 Å². The summed E-state index contributed by atoms with van der Waals surface area (Å²) in [5, 5.41) is 3.12. The van der Waals surface area contributed by atoms with Gasteiger partial charge in [0.25, 0.3) is 0 Å². The van der Waals surface area contributed by atoms with Crippen molar-refractivity contribution in [3.8, 4) is 0 Å². The van der Waals surface area contributed by atoms with Crippen LogP contribution in [0.25, 0.3) is 0 Å². The van der Waals surface area contributed by atoms with Crippen LogP contribution < -0.4 is 5.32 Å². The van der Waals surface area contributed by atoms with E-state index in [1.54, 1.807) is 21.0 Å². The van der Waals surface area contributed by atoms with E-state index in [4.69, 9.17) is 9.47 Å². The Morgan fingerprint density at radius 1 is 1.36 bits per heavy atom. The van der Waals surface area contributed by atoms with Crippen LogP contribution >= 0.6 is 0 Å². The van der Waals surface area contributed by atoms with Crippen molar-refractivity contribution in [3.63, 3.8) is 0 Å². The molecule has 84 valence electrons. The second-order valence-corrected chi connectivity index (χ2v) is 3.37. The highest BCUT2D eigenvalue weighted by Gasteiger charge is 2.19. The van der Waals surface area contributed by atoms with Crippen LogP contribution in [0.1, 0.15) is 27.7 Å². The Morgan fingerprint density at radius 3 is 2.36 bits per heavy atom. The fourth-order valence-corrected chi connectivity index (χ4v) is 1.07. The maximum absolute atomic E-state index is 11.3. The number of esters is 1. The number of hydrogen-bond acceptors (Lipinski definition) is 4. The molecule has 0 aromatic heterocycles. The molecule has 14 heavy (non-hydrogen) atoms. The van der Waals surface area contributed by atoms with E-state index in [0.29, 0.717) is 6.61 Å². The number of hydrogen-bond donors (Lipinski definition) is 1. The monoisotopic (exact) mass is 203 g/mol. The minimum atomic E-state index is -0.289. The lowest BCUT2D eigenvalue weighted by Crippen LogP contribution is -2.46. The quantitative estimate of drug-likeness (QED) is 0.653. The molecule has 0 rings (SSSR count). The smallest absolute Gasteiger partial charge is 0.322 e. The van der Waals surface area contributed by atoms with Crippen molar-refractivity contribution in [1.82, 2.24) is 5.32 Å². The molecule has 0 saturated heterocycles. The zero-order valence-corrected chi connectivity index (χ0v) is 9.66. The van der Waals surface area contributed by atoms with Gasteiger partial charge in [-0.2, -0.15) is 0 Å². The van der Waals surface area contributed by atoms with Crippen LogP contribution in [0, 0.1) is 0 Å². The normalized spacial score (nSPS) is 17.2. The van der Waals surface area contributed by atoms with Gasteiger partial charge >= 0.3 is 5.97 Å². The van der Waals surface area contributed by atoms with Gasteiger partial charge in [0, 0.05) is 13.2 Å². The van der Waals surface area contributed by atoms with Gasteiger partial charge in [0.15, 0.2) is 0 Å². The summed E-state index contributed by atoms with van der Waals surface area (Å²) in [6, 6.07) is -0.165. The first-order chi connectivity index (χ1) is 6.52. The Labute approximate surface area is 86.0 Å². The van der Waals surface area contributed by atoms with Gasteiger partial charge in [-0.05, 0) is 27.7 Å². The van der Waals surface area contributed by atoms with Gasteiger partial charge in [0.2, 0.25) is 0 Å². The first kappa shape index (κ1) is 13.4. The van der Waals surface area contributed by atoms with Crippen LogP contribution in [0.15, 0.2) is 0 Å². The van der Waals surface area contributed by atoms with Gasteiger partial charge in [0.05, 0.1) is 12.7 Å². The molecule has 0 amide bonds. The lowest BCUT2D eigenvalue weighted by Gasteiger charge is -2.23. The zero-order valence-electron chi connectivity index (χ0n) is 9.66. The van der Waals surface area contributed by atoms with E-state index in [1.807, 2.05) is 13.8 Å². The van der Waals surface area contributed by atoms with Gasteiger partial charge in [-0.1, -0.05) is 0 Å². The summed E-state index contributed by atoms with van der Waals surface area (Å²) in [7, 11) is 1.65. The third kappa shape index (κ3) is 4.58. The molecule has 3 atom stereocenters. The Balaban J connectivity index is 3.92. The minimum Gasteiger partial charge on any atom is -0.465 e. The molecule has 3 unspecified atom stereocenters. The summed E-state index contributed by atoms with van der Waals surface area (Å²) in [6.07, 6.45) is 0.0758. The van der Waals surface area contributed by atoms with E-state index >= 15 is 0 Å². The van der Waals surface area contributed by atoms with Gasteiger partial charge in [0.1, 0.15) is 6.04 Å². The number of nitrogens with one attached hydrogen (secondary N) is 1. The fourth-order valence-electron chi connectivity index (χ4n) is 1.07. The lowest BCUT2D eigenvalue weighted by atomic mass is 10.2. The van der Waals surface area contributed by atoms with Gasteiger partial charge in [-0.3, -0.25) is 10.1 Å². The SMILES string of the molecule is CCOC(=O)C(C)NC(C)C(C)OC. The summed E-state index contributed by atoms with van der Waals surface area (Å²) >= 11 is 0. The molecule has 0 aliphatic heterocycles. The fraction of sp³-hybridized carbons (Fsp3) is 0.900. The predicted octanol–water partition coefficient (Wildman–Crippen LogP) is 0.951. The predicted molar refractivity (Wildman–Crippen MR) is 55.2 cm³/mol. The largest absolute Gasteiger partial charge is 0.465 e. The molecule has 0 spiro atoms. The molecule has 0 bridgehead atoms. The number of rotatable bonds is 6. The van der Waals surface area contributed by atoms with Crippen molar-refractivity contribution in [2.75, 3.05) is 13.7 Å². The average Bonchev–Trinajstić information content (AvgIpc) is 2.16. The van der Waals surface area contributed by atoms with Crippen molar-refractivity contribution >= 4 is 5.97 Å². The second-order valence-electron chi connectivity index (χ2n) is 3.37. The Kier molecular flexibility index (Phi) is 6.49. The third-order valence-corrected chi connectivity index (χ3v) is 2.23. The number of carbonyl (C=O) groups is 1. The molecule has 0 aromatic carbocycles. The Bertz CT molecular complexity index is 173. The first-order valence-corrected chi connectivity index (χ1v) is 4.98. The molecule has 0 radical (unpaired) electrons. The summed E-state index contributed by atoms with van der Waals surface area (Å²) < 4.78 is 10.0. The van der Waals surface area contributed by atoms with Gasteiger partial charge < -0.3 is 9.47 Å². The summed E-state index contributed by atoms with van der Waals surface area (Å²) in [5.41, 5.74) is 0. The van der Waals surface area contributed by atoms with Crippen LogP contribution in [0.3, 0.4) is 0 Å². The Hall–Kier alpha value is -0.610. The van der Waals surface area contributed by atoms with E-state index in [-0.39, 0.29) is 24.2 Å². The molecule has 0 aliphatic rings. The topological polar surface area (TPSA) is 47.6 Å². The average molecular weight is 203 g/mol. The number of ether oxygens (including phenoxy) is 2. The zero-order chi connectivity index (χ0) is 11.1. The molecule has 1 N–H and O–H groups in total. The van der Waals surface area contributed by atoms with Crippen LogP contribution in [0.5, 0.6) is 0 Å². The highest BCUT2D eigenvalue weighted by atomic mass is 16.5. The number of methoxy groups -OCH3 is 1. The highest BCUT2D eigenvalue weighted by Crippen LogP contribution is 1.99. The summed E-state index contributed by atoms with van der Waals surface area (Å²) in [6.45, 7) is 7.93. The maximum atomic E-state index is 11.3. The van der Waals surface area contributed by atoms with E-state index in [1.165, 1.54) is 0 Å². The highest BCUT2D eigenvalue weighted by molar-refractivity contribution is 5.75. The molecule has 0 saturated carbocycles. The lowest BCUT2D eigenvalue weighted by molar-refractivity contribution is -0.145. The van der Waals surface area contributed by atoms with Crippen molar-refractivity contribution in [2.45, 2.75) is 45.9 Å². The molecule has 0 fully saturated rings. The van der Waals surface area contributed by atoms with Crippen LogP contribution in [0.2, 0.25) is 0 Å². The first-order valence-electron chi connectivity index (χ1n) is 4.98. The minimum absolute atomic E-state index is 0.0758. The van der Waals surface area contributed by atoms with Crippen molar-refractivity contribution < 1.29 is 14.3 Å². The molecular formula is C10H21NO3. The molecule has 4 heteroatoms. The molecule has 0 aromatic rings. The molecule has 0 aliphatic carbocycles. The van der Waals surface area contributed by atoms with E-state index in [0.717, 1.165) is 0 Å². The number of carbonyl (C=O) groups excluding carboxylic acids is 1. The van der Waals surface area contributed by atoms with Gasteiger partial charge in [-0.25, -0.2) is 0 Å². The molecule has 4 nitrogen and oxygen atoms in total. The van der Waals surface area contributed by atoms with E-state index in [9.17, 15) is 4.79 Å². The van der Waals surface area contributed by atoms with Crippen molar-refractivity contribution in [3.05, 3.63) is 0 Å². The van der Waals surface area contributed by atoms with Crippen molar-refractivity contribution in [2.24, 2.45) is 0 Å². The van der Waals surface area contributed by atoms with E-state index < -0.39 is 0 Å². The van der Waals surface area contributed by atoms with Crippen LogP contribution in [-0.2, 0) is 14.3 Å². The van der Waals surface area contributed by atoms with E-state index in [2.05, 4.69) is 5.32 Å². The van der Waals surface area contributed by atoms with Crippen LogP contribution in [0.4, 0.5) is 0 Å². The third-order valence-electron chi connectivity index (χ3n) is 2.23. The van der Waals surface area contributed by atoms with Crippen molar-refractivity contribution in [1.29, 1.82) is 0 Å². The standard InChI is InChI=1S/C10H21NO3/c1-6-14-10(12)8(3)11-7(2)9(4)13-5/h7-9,11H,6H2,1-5H3. The molecular weight excluding hydrogens is 182 g/mol.